The molecule has 0 saturated heterocycles. The third-order valence-electron chi connectivity index (χ3n) is 3.85. The number of phenolic OH excluding ortho intramolecular Hbond substituents is 1. The maximum Gasteiger partial charge on any atom is 0.115 e. The number of benzene rings is 1. The molecular formula is C15H23NO. The first kappa shape index (κ1) is 12.4. The maximum atomic E-state index is 9.51. The van der Waals surface area contributed by atoms with Crippen LogP contribution in [0.4, 0.5) is 0 Å². The van der Waals surface area contributed by atoms with E-state index in [0.717, 1.165) is 18.9 Å². The molecule has 94 valence electrons. The molecule has 0 aromatic heterocycles. The summed E-state index contributed by atoms with van der Waals surface area (Å²) in [6.07, 6.45) is 4.76. The summed E-state index contributed by atoms with van der Waals surface area (Å²) < 4.78 is 0. The van der Waals surface area contributed by atoms with Crippen molar-refractivity contribution in [3.05, 3.63) is 29.3 Å². The molecule has 0 fully saturated rings. The Hall–Kier alpha value is -1.02. The van der Waals surface area contributed by atoms with E-state index in [4.69, 9.17) is 0 Å². The fourth-order valence-corrected chi connectivity index (χ4v) is 2.50. The third-order valence-corrected chi connectivity index (χ3v) is 3.85. The number of fused-ring (bicyclic) bond motifs is 1. The predicted molar refractivity (Wildman–Crippen MR) is 71.2 cm³/mol. The molecule has 1 aromatic carbocycles. The second-order valence-corrected chi connectivity index (χ2v) is 5.25. The van der Waals surface area contributed by atoms with Gasteiger partial charge in [0.15, 0.2) is 0 Å². The molecule has 2 N–H and O–H groups in total. The minimum Gasteiger partial charge on any atom is -0.508 e. The van der Waals surface area contributed by atoms with Crippen LogP contribution in [0.25, 0.3) is 0 Å². The normalized spacial score (nSPS) is 20.9. The summed E-state index contributed by atoms with van der Waals surface area (Å²) in [6.45, 7) is 5.61. The van der Waals surface area contributed by atoms with Crippen molar-refractivity contribution >= 4 is 0 Å². The van der Waals surface area contributed by atoms with E-state index in [-0.39, 0.29) is 0 Å². The van der Waals surface area contributed by atoms with E-state index >= 15 is 0 Å². The summed E-state index contributed by atoms with van der Waals surface area (Å²) in [5, 5.41) is 13.2. The Morgan fingerprint density at radius 2 is 2.29 bits per heavy atom. The molecule has 2 rings (SSSR count). The van der Waals surface area contributed by atoms with Crippen molar-refractivity contribution in [2.75, 3.05) is 6.54 Å². The zero-order valence-corrected chi connectivity index (χ0v) is 10.9. The highest BCUT2D eigenvalue weighted by Gasteiger charge is 2.20. The van der Waals surface area contributed by atoms with Gasteiger partial charge in [-0.3, -0.25) is 0 Å². The molecule has 2 heteroatoms. The molecule has 0 radical (unpaired) electrons. The summed E-state index contributed by atoms with van der Waals surface area (Å²) >= 11 is 0. The van der Waals surface area contributed by atoms with Crippen LogP contribution in [-0.4, -0.2) is 11.7 Å². The van der Waals surface area contributed by atoms with Gasteiger partial charge >= 0.3 is 0 Å². The van der Waals surface area contributed by atoms with Crippen LogP contribution in [-0.2, 0) is 6.42 Å². The van der Waals surface area contributed by atoms with Crippen LogP contribution in [0.15, 0.2) is 18.2 Å². The van der Waals surface area contributed by atoms with Crippen LogP contribution < -0.4 is 5.32 Å². The Bertz CT molecular complexity index is 375. The van der Waals surface area contributed by atoms with Crippen molar-refractivity contribution in [2.45, 2.75) is 45.6 Å². The van der Waals surface area contributed by atoms with Crippen LogP contribution >= 0.6 is 0 Å². The zero-order valence-electron chi connectivity index (χ0n) is 10.9. The lowest BCUT2D eigenvalue weighted by atomic mass is 9.87. The van der Waals surface area contributed by atoms with Crippen molar-refractivity contribution in [1.29, 1.82) is 0 Å². The molecule has 17 heavy (non-hydrogen) atoms. The number of aromatic hydroxyl groups is 1. The van der Waals surface area contributed by atoms with Gasteiger partial charge in [0.1, 0.15) is 5.75 Å². The Labute approximate surface area is 104 Å². The summed E-state index contributed by atoms with van der Waals surface area (Å²) in [6, 6.07) is 6.29. The Morgan fingerprint density at radius 3 is 3.06 bits per heavy atom. The molecule has 0 heterocycles. The molecule has 0 saturated carbocycles. The lowest BCUT2D eigenvalue weighted by Crippen LogP contribution is -2.28. The van der Waals surface area contributed by atoms with E-state index in [9.17, 15) is 5.11 Å². The van der Waals surface area contributed by atoms with Gasteiger partial charge in [-0.05, 0) is 55.0 Å². The molecule has 2 unspecified atom stereocenters. The third kappa shape index (κ3) is 3.01. The average Bonchev–Trinajstić information content (AvgIpc) is 2.35. The zero-order chi connectivity index (χ0) is 12.3. The fourth-order valence-electron chi connectivity index (χ4n) is 2.50. The smallest absolute Gasteiger partial charge is 0.115 e. The van der Waals surface area contributed by atoms with Gasteiger partial charge in [0.25, 0.3) is 0 Å². The standard InChI is InChI=1S/C15H23NO/c1-3-11(2)10-16-15-6-4-5-12-9-13(17)7-8-14(12)15/h7-9,11,15-17H,3-6,10H2,1-2H3. The quantitative estimate of drug-likeness (QED) is 0.835. The monoisotopic (exact) mass is 233 g/mol. The number of hydrogen-bond acceptors (Lipinski definition) is 2. The van der Waals surface area contributed by atoms with Gasteiger partial charge in [0.2, 0.25) is 0 Å². The first-order chi connectivity index (χ1) is 8.20. The summed E-state index contributed by atoms with van der Waals surface area (Å²) in [5.41, 5.74) is 2.70. The largest absolute Gasteiger partial charge is 0.508 e. The van der Waals surface area contributed by atoms with Gasteiger partial charge in [-0.1, -0.05) is 26.3 Å². The molecule has 0 aliphatic heterocycles. The van der Waals surface area contributed by atoms with Crippen LogP contribution in [0.2, 0.25) is 0 Å². The van der Waals surface area contributed by atoms with Crippen molar-refractivity contribution < 1.29 is 5.11 Å². The highest BCUT2D eigenvalue weighted by atomic mass is 16.3. The molecule has 0 spiro atoms. The number of nitrogens with one attached hydrogen (secondary N) is 1. The van der Waals surface area contributed by atoms with Crippen molar-refractivity contribution in [2.24, 2.45) is 5.92 Å². The topological polar surface area (TPSA) is 32.3 Å². The number of aryl methyl sites for hydroxylation is 1. The van der Waals surface area contributed by atoms with Gasteiger partial charge < -0.3 is 10.4 Å². The molecular weight excluding hydrogens is 210 g/mol. The van der Waals surface area contributed by atoms with Crippen molar-refractivity contribution in [3.63, 3.8) is 0 Å². The van der Waals surface area contributed by atoms with Gasteiger partial charge in [-0.15, -0.1) is 0 Å². The molecule has 1 aliphatic carbocycles. The lowest BCUT2D eigenvalue weighted by Gasteiger charge is -2.27. The van der Waals surface area contributed by atoms with Crippen LogP contribution in [0.3, 0.4) is 0 Å². The van der Waals surface area contributed by atoms with Crippen molar-refractivity contribution in [1.82, 2.24) is 5.32 Å². The van der Waals surface area contributed by atoms with E-state index in [2.05, 4.69) is 25.2 Å². The molecule has 0 amide bonds. The van der Waals surface area contributed by atoms with Gasteiger partial charge in [0, 0.05) is 6.04 Å². The SMILES string of the molecule is CCC(C)CNC1CCCc2cc(O)ccc21. The number of phenols is 1. The molecule has 2 atom stereocenters. The Kier molecular flexibility index (Phi) is 4.06. The molecule has 1 aliphatic rings. The molecule has 2 nitrogen and oxygen atoms in total. The Balaban J connectivity index is 2.06. The highest BCUT2D eigenvalue weighted by Crippen LogP contribution is 2.31. The summed E-state index contributed by atoms with van der Waals surface area (Å²) in [4.78, 5) is 0. The van der Waals surface area contributed by atoms with E-state index < -0.39 is 0 Å². The van der Waals surface area contributed by atoms with Crippen LogP contribution in [0.1, 0.15) is 50.3 Å². The fraction of sp³-hybridized carbons (Fsp3) is 0.600. The number of rotatable bonds is 4. The Morgan fingerprint density at radius 1 is 1.47 bits per heavy atom. The average molecular weight is 233 g/mol. The highest BCUT2D eigenvalue weighted by molar-refractivity contribution is 5.38. The van der Waals surface area contributed by atoms with Crippen molar-refractivity contribution in [3.8, 4) is 5.75 Å². The van der Waals surface area contributed by atoms with E-state index in [0.29, 0.717) is 11.8 Å². The predicted octanol–water partition coefficient (Wildman–Crippen LogP) is 3.41. The van der Waals surface area contributed by atoms with Gasteiger partial charge in [0.05, 0.1) is 0 Å². The van der Waals surface area contributed by atoms with E-state index in [1.807, 2.05) is 12.1 Å². The minimum atomic E-state index is 0.395. The molecule has 1 aromatic rings. The first-order valence-electron chi connectivity index (χ1n) is 6.76. The molecule has 0 bridgehead atoms. The maximum absolute atomic E-state index is 9.51. The summed E-state index contributed by atoms with van der Waals surface area (Å²) in [5.74, 6) is 1.13. The lowest BCUT2D eigenvalue weighted by molar-refractivity contribution is 0.407. The van der Waals surface area contributed by atoms with Gasteiger partial charge in [-0.25, -0.2) is 0 Å². The second kappa shape index (κ2) is 5.54. The summed E-state index contributed by atoms with van der Waals surface area (Å²) in [7, 11) is 0. The first-order valence-corrected chi connectivity index (χ1v) is 6.76. The van der Waals surface area contributed by atoms with E-state index in [1.54, 1.807) is 0 Å². The number of hydrogen-bond donors (Lipinski definition) is 2. The van der Waals surface area contributed by atoms with Crippen LogP contribution in [0.5, 0.6) is 5.75 Å². The minimum absolute atomic E-state index is 0.395. The second-order valence-electron chi connectivity index (χ2n) is 5.25. The van der Waals surface area contributed by atoms with Gasteiger partial charge in [-0.2, -0.15) is 0 Å². The van der Waals surface area contributed by atoms with Crippen LogP contribution in [0, 0.1) is 5.92 Å². The van der Waals surface area contributed by atoms with E-state index in [1.165, 1.54) is 30.4 Å².